The molecule has 0 heterocycles. The number of amides is 1. The van der Waals surface area contributed by atoms with Gasteiger partial charge in [0.1, 0.15) is 0 Å². The molecule has 0 spiro atoms. The van der Waals surface area contributed by atoms with Crippen molar-refractivity contribution in [2.24, 2.45) is 0 Å². The number of hydrogen-bond donors (Lipinski definition) is 2. The van der Waals surface area contributed by atoms with Crippen molar-refractivity contribution in [1.82, 2.24) is 0 Å². The molecule has 0 fully saturated rings. The number of nitrogens with one attached hydrogen (secondary N) is 1. The molecule has 0 aromatic heterocycles. The van der Waals surface area contributed by atoms with E-state index >= 15 is 0 Å². The second-order valence-corrected chi connectivity index (χ2v) is 5.88. The molecule has 108 valence electrons. The van der Waals surface area contributed by atoms with Gasteiger partial charge in [-0.05, 0) is 46.3 Å². The van der Waals surface area contributed by atoms with Crippen molar-refractivity contribution in [3.8, 4) is 0 Å². The number of benzene rings is 2. The van der Waals surface area contributed by atoms with Gasteiger partial charge in [-0.15, -0.1) is 0 Å². The number of nitro benzene ring substituents is 1. The van der Waals surface area contributed by atoms with Gasteiger partial charge in [0.25, 0.3) is 11.6 Å². The summed E-state index contributed by atoms with van der Waals surface area (Å²) in [6.07, 6.45) is 0. The van der Waals surface area contributed by atoms with Crippen LogP contribution in [0.15, 0.2) is 45.3 Å². The standard InChI is InChI=1S/C13H9Br2N3O3/c14-7-1-3-9(11(16)5-7)13(19)17-8-2-4-10(15)12(6-8)18(20)21/h1-6H,16H2,(H,17,19). The van der Waals surface area contributed by atoms with E-state index in [1.807, 2.05) is 0 Å². The maximum Gasteiger partial charge on any atom is 0.285 e. The van der Waals surface area contributed by atoms with Gasteiger partial charge in [0.2, 0.25) is 0 Å². The van der Waals surface area contributed by atoms with Crippen molar-refractivity contribution in [1.29, 1.82) is 0 Å². The number of anilines is 2. The van der Waals surface area contributed by atoms with Gasteiger partial charge < -0.3 is 11.1 Å². The van der Waals surface area contributed by atoms with Crippen molar-refractivity contribution in [2.75, 3.05) is 11.1 Å². The van der Waals surface area contributed by atoms with Crippen molar-refractivity contribution in [3.63, 3.8) is 0 Å². The number of hydrogen-bond acceptors (Lipinski definition) is 4. The second-order valence-electron chi connectivity index (χ2n) is 4.11. The maximum atomic E-state index is 12.1. The summed E-state index contributed by atoms with van der Waals surface area (Å²) in [5.74, 6) is -0.434. The third kappa shape index (κ3) is 3.59. The lowest BCUT2D eigenvalue weighted by Crippen LogP contribution is -2.14. The Hall–Kier alpha value is -1.93. The number of nitrogens with zero attached hydrogens (tertiary/aromatic N) is 1. The highest BCUT2D eigenvalue weighted by Gasteiger charge is 2.15. The van der Waals surface area contributed by atoms with E-state index in [0.29, 0.717) is 21.4 Å². The SMILES string of the molecule is Nc1cc(Br)ccc1C(=O)Nc1ccc(Br)c([N+](=O)[O-])c1. The van der Waals surface area contributed by atoms with Crippen LogP contribution in [0, 0.1) is 10.1 Å². The number of rotatable bonds is 3. The van der Waals surface area contributed by atoms with Crippen LogP contribution >= 0.6 is 31.9 Å². The molecule has 2 aromatic carbocycles. The average Bonchev–Trinajstić information content (AvgIpc) is 2.40. The second kappa shape index (κ2) is 6.23. The van der Waals surface area contributed by atoms with E-state index in [0.717, 1.165) is 4.47 Å². The van der Waals surface area contributed by atoms with E-state index in [4.69, 9.17) is 5.73 Å². The fourth-order valence-corrected chi connectivity index (χ4v) is 2.44. The van der Waals surface area contributed by atoms with Crippen LogP contribution in [0.1, 0.15) is 10.4 Å². The Morgan fingerprint density at radius 2 is 1.90 bits per heavy atom. The molecule has 1 amide bonds. The van der Waals surface area contributed by atoms with Gasteiger partial charge in [-0.2, -0.15) is 0 Å². The number of carbonyl (C=O) groups is 1. The molecule has 0 bridgehead atoms. The Morgan fingerprint density at radius 1 is 1.19 bits per heavy atom. The van der Waals surface area contributed by atoms with E-state index in [1.54, 1.807) is 24.3 Å². The Kier molecular flexibility index (Phi) is 4.59. The zero-order chi connectivity index (χ0) is 15.6. The molecule has 2 aromatic rings. The molecule has 0 aliphatic carbocycles. The molecule has 3 N–H and O–H groups in total. The molecular formula is C13H9Br2N3O3. The van der Waals surface area contributed by atoms with Gasteiger partial charge in [-0.3, -0.25) is 14.9 Å². The van der Waals surface area contributed by atoms with Crippen LogP contribution in [0.25, 0.3) is 0 Å². The minimum absolute atomic E-state index is 0.128. The summed E-state index contributed by atoms with van der Waals surface area (Å²) in [5, 5.41) is 13.4. The lowest BCUT2D eigenvalue weighted by molar-refractivity contribution is -0.385. The normalized spacial score (nSPS) is 10.2. The van der Waals surface area contributed by atoms with E-state index < -0.39 is 10.8 Å². The third-order valence-corrected chi connectivity index (χ3v) is 3.82. The number of nitrogens with two attached hydrogens (primary N) is 1. The topological polar surface area (TPSA) is 98.3 Å². The molecule has 21 heavy (non-hydrogen) atoms. The summed E-state index contributed by atoms with van der Waals surface area (Å²) in [6, 6.07) is 9.20. The first-order valence-electron chi connectivity index (χ1n) is 5.69. The monoisotopic (exact) mass is 413 g/mol. The predicted octanol–water partition coefficient (Wildman–Crippen LogP) is 3.95. The zero-order valence-electron chi connectivity index (χ0n) is 10.5. The highest BCUT2D eigenvalue weighted by atomic mass is 79.9. The molecular weight excluding hydrogens is 406 g/mol. The van der Waals surface area contributed by atoms with Crippen molar-refractivity contribution < 1.29 is 9.72 Å². The summed E-state index contributed by atoms with van der Waals surface area (Å²) >= 11 is 6.34. The zero-order valence-corrected chi connectivity index (χ0v) is 13.6. The predicted molar refractivity (Wildman–Crippen MR) is 87.3 cm³/mol. The summed E-state index contributed by atoms with van der Waals surface area (Å²) in [6.45, 7) is 0. The fraction of sp³-hybridized carbons (Fsp3) is 0. The lowest BCUT2D eigenvalue weighted by Gasteiger charge is -2.08. The molecule has 0 atom stereocenters. The average molecular weight is 415 g/mol. The Balaban J connectivity index is 2.27. The number of nitrogen functional groups attached to an aromatic ring is 1. The highest BCUT2D eigenvalue weighted by Crippen LogP contribution is 2.28. The van der Waals surface area contributed by atoms with Gasteiger partial charge in [-0.25, -0.2) is 0 Å². The molecule has 0 saturated heterocycles. The Morgan fingerprint density at radius 3 is 2.52 bits per heavy atom. The van der Waals surface area contributed by atoms with E-state index in [2.05, 4.69) is 37.2 Å². The van der Waals surface area contributed by atoms with Crippen LogP contribution in [-0.4, -0.2) is 10.8 Å². The van der Waals surface area contributed by atoms with Crippen LogP contribution in [-0.2, 0) is 0 Å². The quantitative estimate of drug-likeness (QED) is 0.451. The smallest absolute Gasteiger partial charge is 0.285 e. The third-order valence-electron chi connectivity index (χ3n) is 2.66. The highest BCUT2D eigenvalue weighted by molar-refractivity contribution is 9.10. The summed E-state index contributed by atoms with van der Waals surface area (Å²) < 4.78 is 1.10. The Labute approximate surface area is 136 Å². The molecule has 0 saturated carbocycles. The molecule has 2 rings (SSSR count). The first-order valence-corrected chi connectivity index (χ1v) is 7.27. The van der Waals surface area contributed by atoms with E-state index in [9.17, 15) is 14.9 Å². The first kappa shape index (κ1) is 15.5. The number of carbonyl (C=O) groups excluding carboxylic acids is 1. The Bertz CT molecular complexity index is 735. The summed E-state index contributed by atoms with van der Waals surface area (Å²) in [7, 11) is 0. The van der Waals surface area contributed by atoms with Gasteiger partial charge in [-0.1, -0.05) is 15.9 Å². The van der Waals surface area contributed by atoms with Gasteiger partial charge in [0.15, 0.2) is 0 Å². The number of nitro groups is 1. The van der Waals surface area contributed by atoms with E-state index in [-0.39, 0.29) is 5.69 Å². The lowest BCUT2D eigenvalue weighted by atomic mass is 10.1. The fourth-order valence-electron chi connectivity index (χ4n) is 1.67. The molecule has 0 aliphatic rings. The van der Waals surface area contributed by atoms with Gasteiger partial charge in [0, 0.05) is 21.9 Å². The summed E-state index contributed by atoms with van der Waals surface area (Å²) in [4.78, 5) is 22.4. The molecule has 0 aliphatic heterocycles. The van der Waals surface area contributed by atoms with Crippen molar-refractivity contribution >= 4 is 54.8 Å². The first-order chi connectivity index (χ1) is 9.88. The van der Waals surface area contributed by atoms with Crippen LogP contribution in [0.4, 0.5) is 17.1 Å². The number of halogens is 2. The van der Waals surface area contributed by atoms with Crippen molar-refractivity contribution in [2.45, 2.75) is 0 Å². The van der Waals surface area contributed by atoms with E-state index in [1.165, 1.54) is 12.1 Å². The molecule has 6 nitrogen and oxygen atoms in total. The minimum Gasteiger partial charge on any atom is -0.398 e. The van der Waals surface area contributed by atoms with Crippen molar-refractivity contribution in [3.05, 3.63) is 61.0 Å². The van der Waals surface area contributed by atoms with Crippen LogP contribution in [0.2, 0.25) is 0 Å². The van der Waals surface area contributed by atoms with Gasteiger partial charge in [0.05, 0.1) is 15.0 Å². The molecule has 0 unspecified atom stereocenters. The minimum atomic E-state index is -0.534. The largest absolute Gasteiger partial charge is 0.398 e. The van der Waals surface area contributed by atoms with Crippen LogP contribution in [0.5, 0.6) is 0 Å². The molecule has 8 heteroatoms. The van der Waals surface area contributed by atoms with Crippen LogP contribution < -0.4 is 11.1 Å². The van der Waals surface area contributed by atoms with Gasteiger partial charge >= 0.3 is 0 Å². The molecule has 0 radical (unpaired) electrons. The summed E-state index contributed by atoms with van der Waals surface area (Å²) in [5.41, 5.74) is 6.57. The van der Waals surface area contributed by atoms with Crippen LogP contribution in [0.3, 0.4) is 0 Å². The maximum absolute atomic E-state index is 12.1.